The molecule has 0 aliphatic heterocycles. The van der Waals surface area contributed by atoms with Crippen LogP contribution in [0.5, 0.6) is 0 Å². The van der Waals surface area contributed by atoms with Gasteiger partial charge in [0.25, 0.3) is 0 Å². The van der Waals surface area contributed by atoms with E-state index in [4.69, 9.17) is 0 Å². The summed E-state index contributed by atoms with van der Waals surface area (Å²) in [7, 11) is 0. The van der Waals surface area contributed by atoms with E-state index in [0.29, 0.717) is 5.25 Å². The molecule has 1 saturated carbocycles. The lowest BCUT2D eigenvalue weighted by atomic mass is 10.2. The van der Waals surface area contributed by atoms with E-state index >= 15 is 0 Å². The fourth-order valence-corrected chi connectivity index (χ4v) is 3.78. The molecule has 15 heavy (non-hydrogen) atoms. The highest BCUT2D eigenvalue weighted by molar-refractivity contribution is 9.10. The summed E-state index contributed by atoms with van der Waals surface area (Å²) in [6.45, 7) is 0. The van der Waals surface area contributed by atoms with E-state index in [1.54, 1.807) is 0 Å². The zero-order chi connectivity index (χ0) is 10.7. The Kier molecular flexibility index (Phi) is 3.87. The zero-order valence-corrected chi connectivity index (χ0v) is 10.8. The molecule has 1 nitrogen and oxygen atoms in total. The van der Waals surface area contributed by atoms with Gasteiger partial charge in [0.15, 0.2) is 6.29 Å². The quantitative estimate of drug-likeness (QED) is 0.770. The van der Waals surface area contributed by atoms with Crippen molar-refractivity contribution < 1.29 is 4.79 Å². The van der Waals surface area contributed by atoms with Gasteiger partial charge in [0.05, 0.1) is 0 Å². The number of hydrogen-bond donors (Lipinski definition) is 0. The second-order valence-corrected chi connectivity index (χ2v) is 6.08. The number of carbonyl (C=O) groups is 1. The summed E-state index contributed by atoms with van der Waals surface area (Å²) < 4.78 is 1.05. The van der Waals surface area contributed by atoms with E-state index in [0.717, 1.165) is 21.2 Å². The van der Waals surface area contributed by atoms with E-state index in [9.17, 15) is 4.79 Å². The van der Waals surface area contributed by atoms with Crippen molar-refractivity contribution in [2.75, 3.05) is 0 Å². The van der Waals surface area contributed by atoms with Crippen molar-refractivity contribution in [1.29, 1.82) is 0 Å². The maximum absolute atomic E-state index is 10.9. The molecule has 0 aromatic heterocycles. The maximum atomic E-state index is 10.9. The van der Waals surface area contributed by atoms with Crippen molar-refractivity contribution in [3.05, 3.63) is 28.2 Å². The van der Waals surface area contributed by atoms with Gasteiger partial charge in [-0.15, -0.1) is 11.8 Å². The van der Waals surface area contributed by atoms with Gasteiger partial charge in [-0.1, -0.05) is 28.8 Å². The van der Waals surface area contributed by atoms with Crippen LogP contribution in [-0.4, -0.2) is 11.5 Å². The Hall–Kier alpha value is -0.280. The van der Waals surface area contributed by atoms with Gasteiger partial charge >= 0.3 is 0 Å². The van der Waals surface area contributed by atoms with Crippen molar-refractivity contribution >= 4 is 34.0 Å². The lowest BCUT2D eigenvalue weighted by molar-refractivity contribution is 0.112. The number of thioether (sulfide) groups is 1. The molecule has 1 aromatic rings. The molecule has 1 aliphatic carbocycles. The summed E-state index contributed by atoms with van der Waals surface area (Å²) in [4.78, 5) is 12.0. The Labute approximate surface area is 103 Å². The second kappa shape index (κ2) is 5.17. The van der Waals surface area contributed by atoms with E-state index in [-0.39, 0.29) is 0 Å². The number of hydrogen-bond acceptors (Lipinski definition) is 2. The average molecular weight is 285 g/mol. The van der Waals surface area contributed by atoms with Gasteiger partial charge in [-0.2, -0.15) is 0 Å². The van der Waals surface area contributed by atoms with Crippen LogP contribution in [0.15, 0.2) is 27.6 Å². The monoisotopic (exact) mass is 284 g/mol. The van der Waals surface area contributed by atoms with Gasteiger partial charge in [0, 0.05) is 20.2 Å². The Balaban J connectivity index is 2.17. The molecule has 0 heterocycles. The predicted octanol–water partition coefficient (Wildman–Crippen LogP) is 4.30. The van der Waals surface area contributed by atoms with Crippen molar-refractivity contribution in [1.82, 2.24) is 0 Å². The topological polar surface area (TPSA) is 17.1 Å². The smallest absolute Gasteiger partial charge is 0.151 e. The Bertz CT molecular complexity index is 359. The number of benzene rings is 1. The summed E-state index contributed by atoms with van der Waals surface area (Å²) in [6, 6.07) is 5.85. The molecule has 0 saturated heterocycles. The molecule has 1 aromatic carbocycles. The molecular formula is C12H13BrOS. The molecule has 0 radical (unpaired) electrons. The van der Waals surface area contributed by atoms with Crippen LogP contribution in [-0.2, 0) is 0 Å². The number of aldehydes is 1. The fraction of sp³-hybridized carbons (Fsp3) is 0.417. The van der Waals surface area contributed by atoms with Crippen LogP contribution in [0.25, 0.3) is 0 Å². The van der Waals surface area contributed by atoms with Crippen LogP contribution in [0.4, 0.5) is 0 Å². The normalized spacial score (nSPS) is 16.9. The molecule has 0 bridgehead atoms. The van der Waals surface area contributed by atoms with E-state index in [1.807, 2.05) is 30.0 Å². The van der Waals surface area contributed by atoms with Crippen LogP contribution in [0.3, 0.4) is 0 Å². The van der Waals surface area contributed by atoms with Crippen molar-refractivity contribution in [3.8, 4) is 0 Å². The highest BCUT2D eigenvalue weighted by Crippen LogP contribution is 2.36. The third-order valence-electron chi connectivity index (χ3n) is 2.70. The fourth-order valence-electron chi connectivity index (χ4n) is 1.89. The van der Waals surface area contributed by atoms with Gasteiger partial charge < -0.3 is 0 Å². The van der Waals surface area contributed by atoms with Gasteiger partial charge in [0.1, 0.15) is 0 Å². The molecule has 0 atom stereocenters. The van der Waals surface area contributed by atoms with Crippen molar-refractivity contribution in [2.45, 2.75) is 35.8 Å². The maximum Gasteiger partial charge on any atom is 0.151 e. The van der Waals surface area contributed by atoms with E-state index < -0.39 is 0 Å². The molecule has 0 spiro atoms. The molecule has 3 heteroatoms. The Morgan fingerprint density at radius 1 is 1.33 bits per heavy atom. The first kappa shape index (κ1) is 11.2. The van der Waals surface area contributed by atoms with E-state index in [2.05, 4.69) is 15.9 Å². The first-order valence-corrected chi connectivity index (χ1v) is 6.88. The molecule has 0 amide bonds. The van der Waals surface area contributed by atoms with Crippen LogP contribution >= 0.6 is 27.7 Å². The Morgan fingerprint density at radius 2 is 2.07 bits per heavy atom. The largest absolute Gasteiger partial charge is 0.298 e. The first-order valence-electron chi connectivity index (χ1n) is 5.21. The Morgan fingerprint density at radius 3 is 2.73 bits per heavy atom. The highest BCUT2D eigenvalue weighted by Gasteiger charge is 2.17. The van der Waals surface area contributed by atoms with Crippen LogP contribution < -0.4 is 0 Å². The molecule has 1 aliphatic rings. The predicted molar refractivity (Wildman–Crippen MR) is 67.6 cm³/mol. The summed E-state index contributed by atoms with van der Waals surface area (Å²) in [5.41, 5.74) is 0.815. The molecular weight excluding hydrogens is 272 g/mol. The van der Waals surface area contributed by atoms with Gasteiger partial charge in [-0.25, -0.2) is 0 Å². The average Bonchev–Trinajstić information content (AvgIpc) is 2.71. The highest BCUT2D eigenvalue weighted by atomic mass is 79.9. The molecule has 80 valence electrons. The second-order valence-electron chi connectivity index (χ2n) is 3.82. The lowest BCUT2D eigenvalue weighted by Crippen LogP contribution is -1.95. The number of halogens is 1. The summed E-state index contributed by atoms with van der Waals surface area (Å²) in [5.74, 6) is 0. The number of carbonyl (C=O) groups excluding carboxylic acids is 1. The molecule has 0 N–H and O–H groups in total. The van der Waals surface area contributed by atoms with Gasteiger partial charge in [-0.3, -0.25) is 4.79 Å². The third-order valence-corrected chi connectivity index (χ3v) is 4.60. The van der Waals surface area contributed by atoms with Gasteiger partial charge in [0.2, 0.25) is 0 Å². The third kappa shape index (κ3) is 2.85. The minimum absolute atomic E-state index is 0.706. The van der Waals surface area contributed by atoms with Crippen LogP contribution in [0.1, 0.15) is 36.0 Å². The number of rotatable bonds is 3. The zero-order valence-electron chi connectivity index (χ0n) is 8.41. The minimum atomic E-state index is 0.706. The molecule has 0 unspecified atom stereocenters. The summed E-state index contributed by atoms with van der Waals surface area (Å²) >= 11 is 5.30. The SMILES string of the molecule is O=Cc1ccc(Br)cc1SC1CCCC1. The van der Waals surface area contributed by atoms with Crippen molar-refractivity contribution in [2.24, 2.45) is 0 Å². The van der Waals surface area contributed by atoms with E-state index in [1.165, 1.54) is 25.7 Å². The molecule has 2 rings (SSSR count). The summed E-state index contributed by atoms with van der Waals surface area (Å²) in [5, 5.41) is 0.706. The molecule has 1 fully saturated rings. The first-order chi connectivity index (χ1) is 7.29. The standard InChI is InChI=1S/C12H13BrOS/c13-10-6-5-9(8-14)12(7-10)15-11-3-1-2-4-11/h5-8,11H,1-4H2. The lowest BCUT2D eigenvalue weighted by Gasteiger charge is -2.10. The summed E-state index contributed by atoms with van der Waals surface area (Å²) in [6.07, 6.45) is 6.19. The van der Waals surface area contributed by atoms with Gasteiger partial charge in [-0.05, 0) is 31.0 Å². The van der Waals surface area contributed by atoms with Crippen LogP contribution in [0.2, 0.25) is 0 Å². The minimum Gasteiger partial charge on any atom is -0.298 e. The van der Waals surface area contributed by atoms with Crippen LogP contribution in [0, 0.1) is 0 Å². The van der Waals surface area contributed by atoms with Crippen molar-refractivity contribution in [3.63, 3.8) is 0 Å².